The molecule has 1 aliphatic rings. The molecule has 0 aliphatic carbocycles. The second-order valence-electron chi connectivity index (χ2n) is 1.74. The van der Waals surface area contributed by atoms with Gasteiger partial charge in [-0.25, -0.2) is 0 Å². The van der Waals surface area contributed by atoms with Crippen LogP contribution in [0.3, 0.4) is 0 Å². The fourth-order valence-corrected chi connectivity index (χ4v) is 0.658. The van der Waals surface area contributed by atoms with E-state index in [0.717, 1.165) is 0 Å². The minimum Gasteiger partial charge on any atom is -0.272 e. The van der Waals surface area contributed by atoms with E-state index in [1.54, 1.807) is 12.3 Å². The summed E-state index contributed by atoms with van der Waals surface area (Å²) in [7, 11) is 3.53. The van der Waals surface area contributed by atoms with Crippen molar-refractivity contribution in [2.75, 3.05) is 14.2 Å². The third-order valence-corrected chi connectivity index (χ3v) is 1.12. The molecule has 0 fully saturated rings. The molecule has 0 bridgehead atoms. The van der Waals surface area contributed by atoms with E-state index in [1.165, 1.54) is 0 Å². The molecule has 1 aliphatic heterocycles. The largest absolute Gasteiger partial charge is 0.272 e. The minimum absolute atomic E-state index is 1.62. The summed E-state index contributed by atoms with van der Waals surface area (Å²) in [6.07, 6.45) is 7.59. The Hall–Kier alpha value is -0.960. The zero-order valence-electron chi connectivity index (χ0n) is 5.61. The highest BCUT2D eigenvalue weighted by molar-refractivity contribution is 5.03. The molecule has 3 heteroatoms. The number of hydroxylamine groups is 1. The van der Waals surface area contributed by atoms with Gasteiger partial charge in [-0.1, -0.05) is 0 Å². The minimum atomic E-state index is 1.62. The van der Waals surface area contributed by atoms with E-state index >= 15 is 0 Å². The van der Waals surface area contributed by atoms with E-state index < -0.39 is 0 Å². The first kappa shape index (κ1) is 6.16. The normalized spacial score (nSPS) is 17.1. The van der Waals surface area contributed by atoms with Crippen LogP contribution in [0.1, 0.15) is 0 Å². The smallest absolute Gasteiger partial charge is 0.0661 e. The molecule has 0 aromatic rings. The van der Waals surface area contributed by atoms with Crippen LogP contribution in [0.15, 0.2) is 24.6 Å². The van der Waals surface area contributed by atoms with Gasteiger partial charge in [0.15, 0.2) is 0 Å². The predicted octanol–water partition coefficient (Wildman–Crippen LogP) is 0.738. The lowest BCUT2D eigenvalue weighted by molar-refractivity contribution is -0.201. The van der Waals surface area contributed by atoms with Gasteiger partial charge in [0.25, 0.3) is 0 Å². The monoisotopic (exact) mass is 126 g/mol. The van der Waals surface area contributed by atoms with Crippen molar-refractivity contribution >= 4 is 0 Å². The molecule has 1 heterocycles. The number of rotatable bonds is 1. The Bertz CT molecular complexity index is 142. The van der Waals surface area contributed by atoms with Crippen molar-refractivity contribution in [3.8, 4) is 0 Å². The fraction of sp³-hybridized carbons (Fsp3) is 0.333. The van der Waals surface area contributed by atoms with Gasteiger partial charge < -0.3 is 0 Å². The van der Waals surface area contributed by atoms with Crippen LogP contribution in [-0.2, 0) is 4.84 Å². The van der Waals surface area contributed by atoms with Gasteiger partial charge >= 0.3 is 0 Å². The Balaban J connectivity index is 2.55. The summed E-state index contributed by atoms with van der Waals surface area (Å²) in [5, 5.41) is 3.46. The third kappa shape index (κ3) is 1.23. The molecule has 0 N–H and O–H groups in total. The zero-order valence-corrected chi connectivity index (χ0v) is 5.61. The molecule has 0 amide bonds. The average Bonchev–Trinajstić information content (AvgIpc) is 1.89. The van der Waals surface area contributed by atoms with Crippen LogP contribution in [-0.4, -0.2) is 24.3 Å². The van der Waals surface area contributed by atoms with Gasteiger partial charge in [-0.15, -0.1) is 0 Å². The molecule has 0 saturated carbocycles. The zero-order chi connectivity index (χ0) is 6.69. The van der Waals surface area contributed by atoms with Crippen molar-refractivity contribution in [2.45, 2.75) is 0 Å². The van der Waals surface area contributed by atoms with Crippen LogP contribution < -0.4 is 0 Å². The summed E-state index contributed by atoms with van der Waals surface area (Å²) < 4.78 is 0. The first-order chi connectivity index (χ1) is 4.34. The van der Waals surface area contributed by atoms with Gasteiger partial charge in [-0.3, -0.25) is 9.85 Å². The number of nitrogens with zero attached hydrogens (tertiary/aromatic N) is 2. The molecule has 0 spiro atoms. The molecule has 0 aromatic heterocycles. The summed E-state index contributed by atoms with van der Waals surface area (Å²) in [6.45, 7) is 0. The summed E-state index contributed by atoms with van der Waals surface area (Å²) in [4.78, 5) is 4.92. The van der Waals surface area contributed by atoms with Crippen LogP contribution >= 0.6 is 0 Å². The van der Waals surface area contributed by atoms with E-state index in [9.17, 15) is 0 Å². The highest BCUT2D eigenvalue weighted by Gasteiger charge is 2.00. The van der Waals surface area contributed by atoms with Crippen molar-refractivity contribution in [1.82, 2.24) is 10.2 Å². The highest BCUT2D eigenvalue weighted by Crippen LogP contribution is 2.01. The topological polar surface area (TPSA) is 15.7 Å². The molecular formula is C6H10N2O. The quantitative estimate of drug-likeness (QED) is 0.515. The molecule has 0 radical (unpaired) electrons. The fourth-order valence-electron chi connectivity index (χ4n) is 0.658. The van der Waals surface area contributed by atoms with Crippen LogP contribution in [0.5, 0.6) is 0 Å². The Morgan fingerprint density at radius 3 is 2.33 bits per heavy atom. The molecule has 0 aromatic carbocycles. The maximum atomic E-state index is 4.92. The summed E-state index contributed by atoms with van der Waals surface area (Å²) in [5.41, 5.74) is 0. The van der Waals surface area contributed by atoms with Crippen molar-refractivity contribution in [1.29, 1.82) is 0 Å². The van der Waals surface area contributed by atoms with Gasteiger partial charge in [0, 0.05) is 13.2 Å². The molecule has 0 atom stereocenters. The predicted molar refractivity (Wildman–Crippen MR) is 34.9 cm³/mol. The van der Waals surface area contributed by atoms with Crippen LogP contribution in [0.4, 0.5) is 0 Å². The molecule has 9 heavy (non-hydrogen) atoms. The van der Waals surface area contributed by atoms with E-state index in [2.05, 4.69) is 0 Å². The second-order valence-corrected chi connectivity index (χ2v) is 1.74. The van der Waals surface area contributed by atoms with E-state index in [4.69, 9.17) is 4.84 Å². The van der Waals surface area contributed by atoms with Crippen LogP contribution in [0, 0.1) is 0 Å². The van der Waals surface area contributed by atoms with E-state index in [0.29, 0.717) is 0 Å². The summed E-state index contributed by atoms with van der Waals surface area (Å²) >= 11 is 0. The maximum Gasteiger partial charge on any atom is 0.0661 e. The lowest BCUT2D eigenvalue weighted by Crippen LogP contribution is -2.31. The number of allylic oxidation sites excluding steroid dienone is 2. The van der Waals surface area contributed by atoms with Gasteiger partial charge in [0.1, 0.15) is 0 Å². The number of hydrazine groups is 1. The Kier molecular flexibility index (Phi) is 1.75. The Morgan fingerprint density at radius 2 is 1.89 bits per heavy atom. The molecule has 0 unspecified atom stereocenters. The number of hydrogen-bond acceptors (Lipinski definition) is 3. The average molecular weight is 126 g/mol. The van der Waals surface area contributed by atoms with Crippen LogP contribution in [0.2, 0.25) is 0 Å². The van der Waals surface area contributed by atoms with Crippen molar-refractivity contribution in [2.24, 2.45) is 0 Å². The third-order valence-electron chi connectivity index (χ3n) is 1.12. The maximum absolute atomic E-state index is 4.92. The molecular weight excluding hydrogens is 116 g/mol. The van der Waals surface area contributed by atoms with E-state index in [-0.39, 0.29) is 0 Å². The second kappa shape index (κ2) is 2.55. The standard InChI is InChI=1S/C6H10N2O/c1-7-5-3-4-6-8(7)9-2/h3-6H,1-2H3. The van der Waals surface area contributed by atoms with Crippen molar-refractivity contribution in [3.63, 3.8) is 0 Å². The van der Waals surface area contributed by atoms with Crippen molar-refractivity contribution < 1.29 is 4.84 Å². The summed E-state index contributed by atoms with van der Waals surface area (Å²) in [6, 6.07) is 0. The number of hydrogen-bond donors (Lipinski definition) is 0. The Labute approximate surface area is 54.7 Å². The van der Waals surface area contributed by atoms with Gasteiger partial charge in [0.2, 0.25) is 0 Å². The Morgan fingerprint density at radius 1 is 1.22 bits per heavy atom. The summed E-state index contributed by atoms with van der Waals surface area (Å²) in [5.74, 6) is 0. The van der Waals surface area contributed by atoms with Gasteiger partial charge in [0.05, 0.1) is 13.3 Å². The van der Waals surface area contributed by atoms with Gasteiger partial charge in [-0.2, -0.15) is 5.17 Å². The lowest BCUT2D eigenvalue weighted by atomic mass is 10.5. The molecule has 0 saturated heterocycles. The molecule has 50 valence electrons. The van der Waals surface area contributed by atoms with Gasteiger partial charge in [-0.05, 0) is 12.2 Å². The first-order valence-electron chi connectivity index (χ1n) is 2.75. The van der Waals surface area contributed by atoms with Crippen LogP contribution in [0.25, 0.3) is 0 Å². The highest BCUT2D eigenvalue weighted by atomic mass is 16.7. The first-order valence-corrected chi connectivity index (χ1v) is 2.75. The van der Waals surface area contributed by atoms with Crippen molar-refractivity contribution in [3.05, 3.63) is 24.6 Å². The SMILES string of the molecule is CON1C=CC=CN1C. The lowest BCUT2D eigenvalue weighted by Gasteiger charge is -2.27. The molecule has 3 nitrogen and oxygen atoms in total. The van der Waals surface area contributed by atoms with E-state index in [1.807, 2.05) is 36.6 Å². The molecule has 1 rings (SSSR count).